The molecule has 114 valence electrons. The molecule has 0 amide bonds. The maximum Gasteiger partial charge on any atom is 0.107 e. The summed E-state index contributed by atoms with van der Waals surface area (Å²) in [7, 11) is 0. The van der Waals surface area contributed by atoms with E-state index in [4.69, 9.17) is 4.74 Å². The molecule has 1 aliphatic heterocycles. The van der Waals surface area contributed by atoms with Crippen LogP contribution in [0.5, 0.6) is 0 Å². The highest BCUT2D eigenvalue weighted by atomic mass is 32.1. The summed E-state index contributed by atoms with van der Waals surface area (Å²) in [5.74, 6) is 1.20. The third-order valence-corrected chi connectivity index (χ3v) is 5.19. The highest BCUT2D eigenvalue weighted by molar-refractivity contribution is 7.11. The average Bonchev–Trinajstić information content (AvgIpc) is 2.96. The molecule has 0 saturated carbocycles. The van der Waals surface area contributed by atoms with Crippen LogP contribution in [-0.4, -0.2) is 24.2 Å². The Balaban J connectivity index is 1.80. The van der Waals surface area contributed by atoms with E-state index in [9.17, 15) is 0 Å². The molecule has 0 aliphatic carbocycles. The summed E-state index contributed by atoms with van der Waals surface area (Å²) in [6.07, 6.45) is 3.56. The average molecular weight is 296 g/mol. The van der Waals surface area contributed by atoms with Crippen molar-refractivity contribution in [3.8, 4) is 0 Å². The standard InChI is InChI=1S/C16H28N2OS/c1-11(2)13-9-18-14(20-13)10-17-8-12-6-7-19-15(12)16(3,4)5/h9,11-12,15,17H,6-8,10H2,1-5H3/t12-,15+/m1/s1. The van der Waals surface area contributed by atoms with Crippen LogP contribution in [0.4, 0.5) is 0 Å². The molecule has 1 fully saturated rings. The molecule has 0 aromatic carbocycles. The first-order valence-electron chi connectivity index (χ1n) is 7.65. The summed E-state index contributed by atoms with van der Waals surface area (Å²) in [6, 6.07) is 0. The van der Waals surface area contributed by atoms with Gasteiger partial charge in [0.1, 0.15) is 5.01 Å². The first-order chi connectivity index (χ1) is 9.38. The minimum Gasteiger partial charge on any atom is -0.377 e. The fourth-order valence-electron chi connectivity index (χ4n) is 2.84. The topological polar surface area (TPSA) is 34.2 Å². The summed E-state index contributed by atoms with van der Waals surface area (Å²) in [4.78, 5) is 5.87. The van der Waals surface area contributed by atoms with Crippen LogP contribution in [0.1, 0.15) is 56.8 Å². The van der Waals surface area contributed by atoms with E-state index in [-0.39, 0.29) is 5.41 Å². The maximum atomic E-state index is 5.92. The Morgan fingerprint density at radius 2 is 2.20 bits per heavy atom. The molecular weight excluding hydrogens is 268 g/mol. The molecule has 0 unspecified atom stereocenters. The molecule has 2 heterocycles. The monoisotopic (exact) mass is 296 g/mol. The molecule has 0 spiro atoms. The lowest BCUT2D eigenvalue weighted by molar-refractivity contribution is 0.00721. The number of ether oxygens (including phenoxy) is 1. The second-order valence-corrected chi connectivity index (χ2v) is 8.29. The summed E-state index contributed by atoms with van der Waals surface area (Å²) in [5, 5.41) is 4.76. The Morgan fingerprint density at radius 1 is 1.45 bits per heavy atom. The summed E-state index contributed by atoms with van der Waals surface area (Å²) < 4.78 is 5.92. The fraction of sp³-hybridized carbons (Fsp3) is 0.812. The lowest BCUT2D eigenvalue weighted by atomic mass is 9.81. The van der Waals surface area contributed by atoms with Gasteiger partial charge in [-0.1, -0.05) is 34.6 Å². The molecule has 1 N–H and O–H groups in total. The molecule has 1 aliphatic rings. The van der Waals surface area contributed by atoms with Gasteiger partial charge in [0.05, 0.1) is 6.10 Å². The second kappa shape index (κ2) is 6.54. The first kappa shape index (κ1) is 15.9. The van der Waals surface area contributed by atoms with Crippen molar-refractivity contribution in [1.82, 2.24) is 10.3 Å². The lowest BCUT2D eigenvalue weighted by Crippen LogP contribution is -2.36. The minimum atomic E-state index is 0.231. The van der Waals surface area contributed by atoms with Crippen molar-refractivity contribution in [2.45, 2.75) is 59.6 Å². The smallest absolute Gasteiger partial charge is 0.107 e. The number of nitrogens with one attached hydrogen (secondary N) is 1. The van der Waals surface area contributed by atoms with Crippen molar-refractivity contribution in [2.24, 2.45) is 11.3 Å². The summed E-state index contributed by atoms with van der Waals surface area (Å²) >= 11 is 1.82. The number of aromatic nitrogens is 1. The molecule has 3 nitrogen and oxygen atoms in total. The minimum absolute atomic E-state index is 0.231. The summed E-state index contributed by atoms with van der Waals surface area (Å²) in [6.45, 7) is 14.1. The number of thiazole rings is 1. The van der Waals surface area contributed by atoms with E-state index >= 15 is 0 Å². The van der Waals surface area contributed by atoms with Gasteiger partial charge in [-0.25, -0.2) is 4.98 Å². The van der Waals surface area contributed by atoms with Gasteiger partial charge in [0.15, 0.2) is 0 Å². The van der Waals surface area contributed by atoms with Crippen molar-refractivity contribution >= 4 is 11.3 Å². The first-order valence-corrected chi connectivity index (χ1v) is 8.46. The molecule has 0 radical (unpaired) electrons. The predicted octanol–water partition coefficient (Wildman–Crippen LogP) is 3.81. The van der Waals surface area contributed by atoms with Crippen LogP contribution in [-0.2, 0) is 11.3 Å². The molecule has 20 heavy (non-hydrogen) atoms. The van der Waals surface area contributed by atoms with Crippen LogP contribution in [0.3, 0.4) is 0 Å². The van der Waals surface area contributed by atoms with Crippen molar-refractivity contribution < 1.29 is 4.74 Å². The van der Waals surface area contributed by atoms with E-state index in [0.717, 1.165) is 19.7 Å². The van der Waals surface area contributed by atoms with Gasteiger partial charge in [-0.05, 0) is 17.8 Å². The van der Waals surface area contributed by atoms with Crippen LogP contribution < -0.4 is 5.32 Å². The largest absolute Gasteiger partial charge is 0.377 e. The Labute approximate surface area is 127 Å². The van der Waals surface area contributed by atoms with E-state index in [1.54, 1.807) is 0 Å². The molecule has 1 saturated heterocycles. The normalized spacial score (nSPS) is 23.7. The molecule has 2 atom stereocenters. The van der Waals surface area contributed by atoms with Gasteiger partial charge >= 0.3 is 0 Å². The third kappa shape index (κ3) is 4.03. The summed E-state index contributed by atoms with van der Waals surface area (Å²) in [5.41, 5.74) is 0.231. The van der Waals surface area contributed by atoms with Gasteiger partial charge in [-0.15, -0.1) is 11.3 Å². The Hall–Kier alpha value is -0.450. The third-order valence-electron chi connectivity index (χ3n) is 3.89. The van der Waals surface area contributed by atoms with Gasteiger partial charge in [-0.2, -0.15) is 0 Å². The lowest BCUT2D eigenvalue weighted by Gasteiger charge is -2.31. The fourth-order valence-corrected chi connectivity index (χ4v) is 3.73. The zero-order valence-corrected chi connectivity index (χ0v) is 14.2. The van der Waals surface area contributed by atoms with E-state index in [1.807, 2.05) is 17.5 Å². The van der Waals surface area contributed by atoms with Gasteiger partial charge in [0.25, 0.3) is 0 Å². The van der Waals surface area contributed by atoms with Crippen molar-refractivity contribution in [1.29, 1.82) is 0 Å². The molecule has 0 bridgehead atoms. The van der Waals surface area contributed by atoms with E-state index < -0.39 is 0 Å². The highest BCUT2D eigenvalue weighted by Crippen LogP contribution is 2.34. The van der Waals surface area contributed by atoms with Crippen LogP contribution in [0.2, 0.25) is 0 Å². The molecule has 1 aromatic heterocycles. The Kier molecular flexibility index (Phi) is 5.21. The van der Waals surface area contributed by atoms with E-state index in [2.05, 4.69) is 44.9 Å². The quantitative estimate of drug-likeness (QED) is 0.897. The zero-order valence-electron chi connectivity index (χ0n) is 13.4. The van der Waals surface area contributed by atoms with Crippen molar-refractivity contribution in [3.05, 3.63) is 16.1 Å². The number of hydrogen-bond acceptors (Lipinski definition) is 4. The maximum absolute atomic E-state index is 5.92. The van der Waals surface area contributed by atoms with Crippen LogP contribution >= 0.6 is 11.3 Å². The SMILES string of the molecule is CC(C)c1cnc(CNC[C@H]2CCO[C@@H]2C(C)(C)C)s1. The number of rotatable bonds is 5. The van der Waals surface area contributed by atoms with Crippen molar-refractivity contribution in [3.63, 3.8) is 0 Å². The zero-order chi connectivity index (χ0) is 14.8. The molecule has 2 rings (SSSR count). The second-order valence-electron chi connectivity index (χ2n) is 7.15. The van der Waals surface area contributed by atoms with Gasteiger partial charge in [0, 0.05) is 36.7 Å². The van der Waals surface area contributed by atoms with E-state index in [1.165, 1.54) is 16.3 Å². The van der Waals surface area contributed by atoms with Crippen molar-refractivity contribution in [2.75, 3.05) is 13.2 Å². The molecule has 1 aromatic rings. The Morgan fingerprint density at radius 3 is 2.80 bits per heavy atom. The molecule has 4 heteroatoms. The predicted molar refractivity (Wildman–Crippen MR) is 85.2 cm³/mol. The van der Waals surface area contributed by atoms with Crippen LogP contribution in [0.15, 0.2) is 6.20 Å². The van der Waals surface area contributed by atoms with Crippen LogP contribution in [0, 0.1) is 11.3 Å². The van der Waals surface area contributed by atoms with Gasteiger partial charge in [-0.3, -0.25) is 0 Å². The number of nitrogens with zero attached hydrogens (tertiary/aromatic N) is 1. The van der Waals surface area contributed by atoms with Gasteiger partial charge < -0.3 is 10.1 Å². The molecular formula is C16H28N2OS. The van der Waals surface area contributed by atoms with Gasteiger partial charge in [0.2, 0.25) is 0 Å². The van der Waals surface area contributed by atoms with Crippen LogP contribution in [0.25, 0.3) is 0 Å². The number of hydrogen-bond donors (Lipinski definition) is 1. The highest BCUT2D eigenvalue weighted by Gasteiger charge is 2.36. The van der Waals surface area contributed by atoms with E-state index in [0.29, 0.717) is 17.9 Å². The Bertz CT molecular complexity index is 422.